The first-order valence-corrected chi connectivity index (χ1v) is 11.7. The molecule has 0 unspecified atom stereocenters. The third-order valence-corrected chi connectivity index (χ3v) is 10.5. The molecule has 0 aromatic carbocycles. The number of ketones is 2. The first-order chi connectivity index (χ1) is 14.6. The van der Waals surface area contributed by atoms with Gasteiger partial charge in [0, 0.05) is 16.9 Å². The zero-order chi connectivity index (χ0) is 24.2. The lowest BCUT2D eigenvalue weighted by Crippen LogP contribution is -2.71. The van der Waals surface area contributed by atoms with Crippen molar-refractivity contribution in [1.82, 2.24) is 0 Å². The molecular formula is C22H25Cl3F2O5. The number of rotatable bonds is 2. The van der Waals surface area contributed by atoms with E-state index in [0.29, 0.717) is 0 Å². The van der Waals surface area contributed by atoms with Crippen molar-refractivity contribution in [3.05, 3.63) is 20.7 Å². The van der Waals surface area contributed by atoms with Crippen LogP contribution in [0.3, 0.4) is 0 Å². The highest BCUT2D eigenvalue weighted by molar-refractivity contribution is 6.58. The van der Waals surface area contributed by atoms with Gasteiger partial charge in [-0.3, -0.25) is 9.59 Å². The van der Waals surface area contributed by atoms with Gasteiger partial charge in [-0.2, -0.15) is 0 Å². The van der Waals surface area contributed by atoms with Crippen LogP contribution in [0, 0.1) is 28.6 Å². The molecule has 4 aliphatic rings. The molecule has 32 heavy (non-hydrogen) atoms. The van der Waals surface area contributed by atoms with Crippen LogP contribution in [0.4, 0.5) is 8.78 Å². The van der Waals surface area contributed by atoms with Gasteiger partial charge in [-0.1, -0.05) is 48.7 Å². The molecule has 5 nitrogen and oxygen atoms in total. The third-order valence-electron chi connectivity index (χ3n) is 9.05. The lowest BCUT2D eigenvalue weighted by molar-refractivity contribution is -0.224. The lowest BCUT2D eigenvalue weighted by atomic mass is 9.44. The number of allylic oxidation sites excluding steroid dienone is 4. The maximum absolute atomic E-state index is 17.3. The summed E-state index contributed by atoms with van der Waals surface area (Å²) in [6.07, 6.45) is -4.23. The van der Waals surface area contributed by atoms with Crippen LogP contribution in [0.2, 0.25) is 0 Å². The van der Waals surface area contributed by atoms with Gasteiger partial charge in [0.15, 0.2) is 11.5 Å². The van der Waals surface area contributed by atoms with Gasteiger partial charge in [0.05, 0.1) is 21.6 Å². The Morgan fingerprint density at radius 2 is 1.75 bits per heavy atom. The molecule has 0 aromatic rings. The van der Waals surface area contributed by atoms with Gasteiger partial charge in [-0.25, -0.2) is 8.78 Å². The molecule has 9 atom stereocenters. The Bertz CT molecular complexity index is 985. The molecule has 0 bridgehead atoms. The Labute approximate surface area is 199 Å². The maximum Gasteiger partial charge on any atom is 0.217 e. The van der Waals surface area contributed by atoms with Crippen molar-refractivity contribution < 1.29 is 33.7 Å². The summed E-state index contributed by atoms with van der Waals surface area (Å²) in [5, 5.41) is 30.7. The second-order valence-electron chi connectivity index (χ2n) is 10.1. The van der Waals surface area contributed by atoms with Crippen LogP contribution in [0.15, 0.2) is 20.7 Å². The van der Waals surface area contributed by atoms with Gasteiger partial charge in [0.1, 0.15) is 23.4 Å². The summed E-state index contributed by atoms with van der Waals surface area (Å²) >= 11 is 18.6. The van der Waals surface area contributed by atoms with E-state index >= 15 is 8.78 Å². The third kappa shape index (κ3) is 2.46. The summed E-state index contributed by atoms with van der Waals surface area (Å²) in [7, 11) is 0. The highest BCUT2D eigenvalue weighted by Crippen LogP contribution is 2.73. The first kappa shape index (κ1) is 24.6. The molecule has 4 rings (SSSR count). The zero-order valence-electron chi connectivity index (χ0n) is 17.8. The predicted octanol–water partition coefficient (Wildman–Crippen LogP) is 3.54. The SMILES string of the molecule is C[C@@H]1C[C@H]2[C@@H]3C[C@H](F)C4=C(Cl)C(=O)C(Cl)=C(Cl)[C@]4(C)[C@@]3(F)[C@@H](O)C[C@]2(C)[C@@]1(O)C(=O)CO. The number of halogens is 5. The van der Waals surface area contributed by atoms with E-state index in [1.54, 1.807) is 13.8 Å². The van der Waals surface area contributed by atoms with Gasteiger partial charge >= 0.3 is 0 Å². The fraction of sp³-hybridized carbons (Fsp3) is 0.727. The molecule has 3 fully saturated rings. The van der Waals surface area contributed by atoms with E-state index in [4.69, 9.17) is 34.8 Å². The molecule has 0 aromatic heterocycles. The van der Waals surface area contributed by atoms with Crippen molar-refractivity contribution in [2.24, 2.45) is 28.6 Å². The van der Waals surface area contributed by atoms with Gasteiger partial charge < -0.3 is 15.3 Å². The quantitative estimate of drug-likeness (QED) is 0.525. The van der Waals surface area contributed by atoms with Crippen molar-refractivity contribution >= 4 is 46.4 Å². The monoisotopic (exact) mass is 512 g/mol. The summed E-state index contributed by atoms with van der Waals surface area (Å²) in [6.45, 7) is 3.56. The van der Waals surface area contributed by atoms with E-state index in [9.17, 15) is 24.9 Å². The van der Waals surface area contributed by atoms with Crippen molar-refractivity contribution in [1.29, 1.82) is 0 Å². The fourth-order valence-corrected chi connectivity index (χ4v) is 8.52. The topological polar surface area (TPSA) is 94.8 Å². The first-order valence-electron chi connectivity index (χ1n) is 10.5. The van der Waals surface area contributed by atoms with E-state index in [1.165, 1.54) is 6.92 Å². The number of Topliss-reactive ketones (excluding diaryl/α,β-unsaturated/α-hetero) is 2. The normalized spacial score (nSPS) is 50.8. The van der Waals surface area contributed by atoms with Crippen molar-refractivity contribution in [2.45, 2.75) is 63.6 Å². The average molecular weight is 514 g/mol. The second kappa shape index (κ2) is 7.22. The minimum atomic E-state index is -2.57. The lowest BCUT2D eigenvalue weighted by Gasteiger charge is -2.63. The number of fused-ring (bicyclic) bond motifs is 5. The van der Waals surface area contributed by atoms with E-state index in [1.807, 2.05) is 0 Å². The van der Waals surface area contributed by atoms with E-state index in [2.05, 4.69) is 0 Å². The zero-order valence-corrected chi connectivity index (χ0v) is 20.0. The molecule has 3 saturated carbocycles. The van der Waals surface area contributed by atoms with Crippen LogP contribution in [0.25, 0.3) is 0 Å². The van der Waals surface area contributed by atoms with Crippen LogP contribution in [0.1, 0.15) is 40.0 Å². The van der Waals surface area contributed by atoms with Crippen LogP contribution in [-0.2, 0) is 9.59 Å². The minimum Gasteiger partial charge on any atom is -0.390 e. The summed E-state index contributed by atoms with van der Waals surface area (Å²) in [4.78, 5) is 25.0. The minimum absolute atomic E-state index is 0.172. The Morgan fingerprint density at radius 3 is 2.31 bits per heavy atom. The predicted molar refractivity (Wildman–Crippen MR) is 115 cm³/mol. The number of carbonyl (C=O) groups excluding carboxylic acids is 2. The number of aliphatic hydroxyl groups is 3. The Kier molecular flexibility index (Phi) is 5.54. The molecule has 10 heteroatoms. The van der Waals surface area contributed by atoms with E-state index in [-0.39, 0.29) is 18.4 Å². The van der Waals surface area contributed by atoms with Crippen LogP contribution < -0.4 is 0 Å². The molecular weight excluding hydrogens is 489 g/mol. The van der Waals surface area contributed by atoms with Crippen molar-refractivity contribution in [3.8, 4) is 0 Å². The summed E-state index contributed by atoms with van der Waals surface area (Å²) in [5.74, 6) is -4.27. The summed E-state index contributed by atoms with van der Waals surface area (Å²) in [5.41, 5.74) is -8.26. The summed E-state index contributed by atoms with van der Waals surface area (Å²) < 4.78 is 32.9. The van der Waals surface area contributed by atoms with E-state index in [0.717, 1.165) is 0 Å². The fourth-order valence-electron chi connectivity index (χ4n) is 7.46. The highest BCUT2D eigenvalue weighted by atomic mass is 35.5. The van der Waals surface area contributed by atoms with Gasteiger partial charge in [0.25, 0.3) is 0 Å². The molecule has 3 N–H and O–H groups in total. The molecule has 0 heterocycles. The maximum atomic E-state index is 17.3. The molecule has 0 spiro atoms. The Balaban J connectivity index is 1.95. The summed E-state index contributed by atoms with van der Waals surface area (Å²) in [6, 6.07) is 0. The number of hydrogen-bond donors (Lipinski definition) is 3. The smallest absolute Gasteiger partial charge is 0.217 e. The van der Waals surface area contributed by atoms with Crippen LogP contribution in [-0.4, -0.2) is 57.0 Å². The molecule has 178 valence electrons. The average Bonchev–Trinajstić information content (AvgIpc) is 2.94. The molecule has 0 amide bonds. The Morgan fingerprint density at radius 1 is 1.16 bits per heavy atom. The number of hydrogen-bond acceptors (Lipinski definition) is 5. The van der Waals surface area contributed by atoms with Gasteiger partial charge in [0.2, 0.25) is 5.78 Å². The van der Waals surface area contributed by atoms with Crippen LogP contribution in [0.5, 0.6) is 0 Å². The molecule has 0 aliphatic heterocycles. The largest absolute Gasteiger partial charge is 0.390 e. The molecule has 4 aliphatic carbocycles. The standard InChI is InChI=1S/C22H25Cl3F2O5/c1-8-4-9-10-5-11(26)14-15(23)17(31)16(24)18(25)20(14,3)21(10,27)12(29)6-19(9,2)22(8,32)13(30)7-28/h8-12,28-29,32H,4-7H2,1-3H3/t8-,9+,10+,11+,12+,19+,20-,21+,22+/m1/s1. The molecule has 0 radical (unpaired) electrons. The van der Waals surface area contributed by atoms with E-state index < -0.39 is 91.8 Å². The van der Waals surface area contributed by atoms with Crippen molar-refractivity contribution in [2.75, 3.05) is 6.61 Å². The van der Waals surface area contributed by atoms with Crippen LogP contribution >= 0.6 is 34.8 Å². The molecule has 0 saturated heterocycles. The van der Waals surface area contributed by atoms with Crippen molar-refractivity contribution in [3.63, 3.8) is 0 Å². The Hall–Kier alpha value is -0.570. The number of alkyl halides is 2. The van der Waals surface area contributed by atoms with Gasteiger partial charge in [-0.05, 0) is 38.0 Å². The highest BCUT2D eigenvalue weighted by Gasteiger charge is 2.78. The second-order valence-corrected chi connectivity index (χ2v) is 11.2. The van der Waals surface area contributed by atoms with Gasteiger partial charge in [-0.15, -0.1) is 0 Å². The number of carbonyl (C=O) groups is 2. The number of aliphatic hydroxyl groups excluding tert-OH is 2.